The molecule has 0 aliphatic heterocycles. The molecule has 2 heterocycles. The third kappa shape index (κ3) is 5.06. The minimum absolute atomic E-state index is 0.161. The maximum atomic E-state index is 13.3. The highest BCUT2D eigenvalue weighted by Gasteiger charge is 2.12. The molecule has 9 heteroatoms. The second-order valence-electron chi connectivity index (χ2n) is 6.41. The zero-order valence-electron chi connectivity index (χ0n) is 15.6. The molecule has 30 heavy (non-hydrogen) atoms. The second kappa shape index (κ2) is 8.83. The molecule has 0 saturated heterocycles. The molecule has 0 bridgehead atoms. The summed E-state index contributed by atoms with van der Waals surface area (Å²) in [6.45, 7) is 0.598. The van der Waals surface area contributed by atoms with Crippen LogP contribution < -0.4 is 10.1 Å². The van der Waals surface area contributed by atoms with Crippen molar-refractivity contribution in [2.24, 2.45) is 0 Å². The number of halogens is 2. The van der Waals surface area contributed by atoms with Gasteiger partial charge in [0.2, 0.25) is 5.95 Å². The second-order valence-corrected chi connectivity index (χ2v) is 7.32. The van der Waals surface area contributed by atoms with Crippen LogP contribution in [0.15, 0.2) is 66.3 Å². The molecule has 2 aromatic carbocycles. The van der Waals surface area contributed by atoms with E-state index >= 15 is 0 Å². The molecule has 6 nitrogen and oxygen atoms in total. The van der Waals surface area contributed by atoms with Gasteiger partial charge in [-0.2, -0.15) is 0 Å². The number of hydrogen-bond acceptors (Lipinski definition) is 5. The van der Waals surface area contributed by atoms with Gasteiger partial charge in [-0.3, -0.25) is 10.1 Å². The van der Waals surface area contributed by atoms with Gasteiger partial charge in [0.25, 0.3) is 5.91 Å². The van der Waals surface area contributed by atoms with Gasteiger partial charge in [-0.25, -0.2) is 18.4 Å². The molecule has 0 saturated carbocycles. The summed E-state index contributed by atoms with van der Waals surface area (Å²) in [4.78, 5) is 17.0. The highest BCUT2D eigenvalue weighted by Crippen LogP contribution is 2.19. The Morgan fingerprint density at radius 3 is 2.70 bits per heavy atom. The quantitative estimate of drug-likeness (QED) is 0.473. The van der Waals surface area contributed by atoms with E-state index in [0.717, 1.165) is 11.1 Å². The van der Waals surface area contributed by atoms with Crippen molar-refractivity contribution in [3.8, 4) is 5.75 Å². The maximum absolute atomic E-state index is 13.3. The van der Waals surface area contributed by atoms with Crippen molar-refractivity contribution in [1.82, 2.24) is 14.8 Å². The first kappa shape index (κ1) is 19.7. The molecule has 0 fully saturated rings. The number of carbonyl (C=O) groups is 1. The largest absolute Gasteiger partial charge is 0.489 e. The molecule has 2 aromatic heterocycles. The zero-order valence-corrected chi connectivity index (χ0v) is 16.4. The highest BCUT2D eigenvalue weighted by atomic mass is 32.1. The monoisotopic (exact) mass is 426 g/mol. The summed E-state index contributed by atoms with van der Waals surface area (Å²) in [7, 11) is 0. The number of aromatic nitrogens is 3. The molecule has 1 N–H and O–H groups in total. The van der Waals surface area contributed by atoms with Gasteiger partial charge in [-0.15, -0.1) is 16.4 Å². The average molecular weight is 426 g/mol. The summed E-state index contributed by atoms with van der Waals surface area (Å²) in [6.07, 6.45) is 1.47. The molecule has 4 aromatic rings. The van der Waals surface area contributed by atoms with Crippen molar-refractivity contribution in [1.29, 1.82) is 0 Å². The molecular weight excluding hydrogens is 410 g/mol. The van der Waals surface area contributed by atoms with E-state index in [2.05, 4.69) is 15.4 Å². The van der Waals surface area contributed by atoms with E-state index in [9.17, 15) is 13.6 Å². The van der Waals surface area contributed by atoms with Crippen molar-refractivity contribution in [2.45, 2.75) is 13.2 Å². The first-order valence-electron chi connectivity index (χ1n) is 8.96. The Labute approximate surface area is 174 Å². The molecule has 152 valence electrons. The molecule has 0 aliphatic rings. The fraction of sp³-hybridized carbons (Fsp3) is 0.0952. The minimum atomic E-state index is -0.337. The van der Waals surface area contributed by atoms with Gasteiger partial charge in [0.1, 0.15) is 30.3 Å². The van der Waals surface area contributed by atoms with Crippen LogP contribution in [0.5, 0.6) is 5.75 Å². The Kier molecular flexibility index (Phi) is 5.80. The van der Waals surface area contributed by atoms with Crippen LogP contribution >= 0.6 is 11.3 Å². The number of amides is 1. The van der Waals surface area contributed by atoms with Crippen LogP contribution in [0.2, 0.25) is 0 Å². The fourth-order valence-corrected chi connectivity index (χ4v) is 3.47. The Bertz CT molecular complexity index is 1160. The standard InChI is InChI=1S/C21H16F2N4O2S/c22-16-4-6-18(7-5-16)29-11-15-9-19(30-12-15)20(28)25-21-24-13-27(26-21)10-14-2-1-3-17(23)8-14/h1-9,12-13H,10-11H2,(H,25,26,28). The Balaban J connectivity index is 1.33. The van der Waals surface area contributed by atoms with Crippen LogP contribution in [0, 0.1) is 11.6 Å². The third-order valence-corrected chi connectivity index (χ3v) is 5.07. The van der Waals surface area contributed by atoms with Crippen LogP contribution in [0.1, 0.15) is 20.8 Å². The van der Waals surface area contributed by atoms with E-state index in [-0.39, 0.29) is 30.1 Å². The number of nitrogens with zero attached hydrogens (tertiary/aromatic N) is 3. The first-order chi connectivity index (χ1) is 14.5. The Morgan fingerprint density at radius 1 is 1.07 bits per heavy atom. The van der Waals surface area contributed by atoms with E-state index in [4.69, 9.17) is 4.74 Å². The molecule has 4 rings (SSSR count). The van der Waals surface area contributed by atoms with Gasteiger partial charge in [0, 0.05) is 5.56 Å². The third-order valence-electron chi connectivity index (χ3n) is 4.09. The first-order valence-corrected chi connectivity index (χ1v) is 9.84. The summed E-state index contributed by atoms with van der Waals surface area (Å²) in [6, 6.07) is 13.6. The number of rotatable bonds is 7. The lowest BCUT2D eigenvalue weighted by molar-refractivity contribution is 0.102. The maximum Gasteiger partial charge on any atom is 0.268 e. The number of benzene rings is 2. The van der Waals surface area contributed by atoms with Gasteiger partial charge in [0.15, 0.2) is 0 Å². The fourth-order valence-electron chi connectivity index (χ4n) is 2.68. The van der Waals surface area contributed by atoms with Crippen LogP contribution in [-0.2, 0) is 13.2 Å². The van der Waals surface area contributed by atoms with Gasteiger partial charge < -0.3 is 4.74 Å². The van der Waals surface area contributed by atoms with Gasteiger partial charge in [0.05, 0.1) is 11.4 Å². The summed E-state index contributed by atoms with van der Waals surface area (Å²) in [5, 5.41) is 8.65. The number of thiophene rings is 1. The molecule has 0 radical (unpaired) electrons. The zero-order chi connectivity index (χ0) is 20.9. The summed E-state index contributed by atoms with van der Waals surface area (Å²) >= 11 is 1.27. The van der Waals surface area contributed by atoms with Crippen molar-refractivity contribution < 1.29 is 18.3 Å². The lowest BCUT2D eigenvalue weighted by Crippen LogP contribution is -2.12. The Morgan fingerprint density at radius 2 is 1.90 bits per heavy atom. The lowest BCUT2D eigenvalue weighted by atomic mass is 10.2. The van der Waals surface area contributed by atoms with Crippen LogP contribution in [0.3, 0.4) is 0 Å². The van der Waals surface area contributed by atoms with Gasteiger partial charge in [-0.05, 0) is 53.4 Å². The van der Waals surface area contributed by atoms with E-state index in [1.807, 2.05) is 5.38 Å². The molecular formula is C21H16F2N4O2S. The highest BCUT2D eigenvalue weighted by molar-refractivity contribution is 7.12. The van der Waals surface area contributed by atoms with Crippen LogP contribution in [0.25, 0.3) is 0 Å². The summed E-state index contributed by atoms with van der Waals surface area (Å²) in [5.41, 5.74) is 1.56. The van der Waals surface area contributed by atoms with Crippen molar-refractivity contribution in [2.75, 3.05) is 5.32 Å². The van der Waals surface area contributed by atoms with E-state index in [1.165, 1.54) is 46.6 Å². The number of carbonyl (C=O) groups excluding carboxylic acids is 1. The van der Waals surface area contributed by atoms with Crippen LogP contribution in [-0.4, -0.2) is 20.7 Å². The topological polar surface area (TPSA) is 69.0 Å². The summed E-state index contributed by atoms with van der Waals surface area (Å²) in [5.74, 6) is -0.283. The number of ether oxygens (including phenoxy) is 1. The minimum Gasteiger partial charge on any atom is -0.489 e. The summed E-state index contributed by atoms with van der Waals surface area (Å²) < 4.78 is 33.3. The number of anilines is 1. The van der Waals surface area contributed by atoms with E-state index < -0.39 is 0 Å². The predicted octanol–water partition coefficient (Wildman–Crippen LogP) is 4.50. The molecule has 1 amide bonds. The van der Waals surface area contributed by atoms with Crippen LogP contribution in [0.4, 0.5) is 14.7 Å². The predicted molar refractivity (Wildman–Crippen MR) is 109 cm³/mol. The Hall–Kier alpha value is -3.59. The number of hydrogen-bond donors (Lipinski definition) is 1. The molecule has 0 spiro atoms. The average Bonchev–Trinajstić information content (AvgIpc) is 3.37. The van der Waals surface area contributed by atoms with E-state index in [0.29, 0.717) is 17.2 Å². The molecule has 0 aliphatic carbocycles. The normalized spacial score (nSPS) is 10.7. The van der Waals surface area contributed by atoms with Crippen molar-refractivity contribution >= 4 is 23.2 Å². The smallest absolute Gasteiger partial charge is 0.268 e. The van der Waals surface area contributed by atoms with Gasteiger partial charge >= 0.3 is 0 Å². The van der Waals surface area contributed by atoms with E-state index in [1.54, 1.807) is 30.3 Å². The van der Waals surface area contributed by atoms with Crippen molar-refractivity contribution in [3.63, 3.8) is 0 Å². The molecule has 0 unspecified atom stereocenters. The van der Waals surface area contributed by atoms with Crippen molar-refractivity contribution in [3.05, 3.63) is 93.9 Å². The number of nitrogens with one attached hydrogen (secondary N) is 1. The lowest BCUT2D eigenvalue weighted by Gasteiger charge is -2.04. The SMILES string of the molecule is O=C(Nc1ncn(Cc2cccc(F)c2)n1)c1cc(COc2ccc(F)cc2)cs1. The molecule has 0 atom stereocenters. The van der Waals surface area contributed by atoms with Gasteiger partial charge in [-0.1, -0.05) is 12.1 Å².